The topological polar surface area (TPSA) is 51.8 Å². The predicted octanol–water partition coefficient (Wildman–Crippen LogP) is 4.29. The zero-order valence-electron chi connectivity index (χ0n) is 11.1. The summed E-state index contributed by atoms with van der Waals surface area (Å²) in [5, 5.41) is 1.71. The summed E-state index contributed by atoms with van der Waals surface area (Å²) in [6.45, 7) is 0. The first-order chi connectivity index (χ1) is 10.1. The number of rotatable bonds is 3. The highest BCUT2D eigenvalue weighted by Gasteiger charge is 2.15. The molecule has 5 heteroatoms. The van der Waals surface area contributed by atoms with Crippen molar-refractivity contribution in [1.29, 1.82) is 0 Å². The minimum Gasteiger partial charge on any atom is -0.322 e. The van der Waals surface area contributed by atoms with Crippen LogP contribution < -0.4 is 5.73 Å². The van der Waals surface area contributed by atoms with Crippen LogP contribution in [-0.4, -0.2) is 9.97 Å². The molecule has 3 nitrogen and oxygen atoms in total. The third-order valence-electron chi connectivity index (χ3n) is 3.35. The number of nitrogens with zero attached hydrogens (tertiary/aromatic N) is 2. The number of nitrogens with two attached hydrogens (primary N) is 1. The van der Waals surface area contributed by atoms with Crippen molar-refractivity contribution in [1.82, 2.24) is 9.97 Å². The Morgan fingerprint density at radius 2 is 2.05 bits per heavy atom. The van der Waals surface area contributed by atoms with E-state index in [2.05, 4.69) is 25.9 Å². The number of pyridine rings is 2. The van der Waals surface area contributed by atoms with Crippen molar-refractivity contribution < 1.29 is 0 Å². The van der Waals surface area contributed by atoms with Crippen LogP contribution in [0.5, 0.6) is 0 Å². The average Bonchev–Trinajstić information content (AvgIpc) is 2.49. The van der Waals surface area contributed by atoms with Gasteiger partial charge in [0.1, 0.15) is 0 Å². The lowest BCUT2D eigenvalue weighted by Crippen LogP contribution is -2.16. The second-order valence-electron chi connectivity index (χ2n) is 4.83. The third kappa shape index (κ3) is 3.07. The largest absolute Gasteiger partial charge is 0.322 e. The SMILES string of the molecule is NC(Cc1ccncc1Cl)c1nc2ccccc2cc1Br. The van der Waals surface area contributed by atoms with Crippen LogP contribution in [0.4, 0.5) is 0 Å². The van der Waals surface area contributed by atoms with E-state index in [1.807, 2.05) is 36.4 Å². The molecule has 0 saturated carbocycles. The molecule has 3 aromatic rings. The molecule has 0 aliphatic carbocycles. The molecule has 0 amide bonds. The summed E-state index contributed by atoms with van der Waals surface area (Å²) in [5.74, 6) is 0. The molecule has 2 N–H and O–H groups in total. The average molecular weight is 363 g/mol. The molecule has 3 rings (SSSR count). The van der Waals surface area contributed by atoms with Crippen LogP contribution in [0.15, 0.2) is 53.3 Å². The molecule has 0 fully saturated rings. The van der Waals surface area contributed by atoms with E-state index < -0.39 is 0 Å². The van der Waals surface area contributed by atoms with E-state index >= 15 is 0 Å². The lowest BCUT2D eigenvalue weighted by Gasteiger charge is -2.14. The number of benzene rings is 1. The van der Waals surface area contributed by atoms with E-state index in [0.29, 0.717) is 11.4 Å². The van der Waals surface area contributed by atoms with Crippen LogP contribution in [0.25, 0.3) is 10.9 Å². The van der Waals surface area contributed by atoms with Crippen molar-refractivity contribution in [3.8, 4) is 0 Å². The van der Waals surface area contributed by atoms with Gasteiger partial charge in [-0.15, -0.1) is 0 Å². The summed E-state index contributed by atoms with van der Waals surface area (Å²) >= 11 is 9.70. The maximum absolute atomic E-state index is 6.32. The first-order valence-corrected chi connectivity index (χ1v) is 7.71. The van der Waals surface area contributed by atoms with Crippen LogP contribution >= 0.6 is 27.5 Å². The molecule has 0 spiro atoms. The van der Waals surface area contributed by atoms with Crippen molar-refractivity contribution >= 4 is 38.4 Å². The number of fused-ring (bicyclic) bond motifs is 1. The zero-order valence-corrected chi connectivity index (χ0v) is 13.5. The molecule has 106 valence electrons. The quantitative estimate of drug-likeness (QED) is 0.756. The first kappa shape index (κ1) is 14.4. The first-order valence-electron chi connectivity index (χ1n) is 6.54. The summed E-state index contributed by atoms with van der Waals surface area (Å²) in [6, 6.07) is 11.7. The lowest BCUT2D eigenvalue weighted by atomic mass is 10.0. The van der Waals surface area contributed by atoms with Gasteiger partial charge in [0, 0.05) is 22.3 Å². The molecule has 0 bridgehead atoms. The second kappa shape index (κ2) is 6.10. The standard InChI is InChI=1S/C16H13BrClN3/c17-12-7-11-3-1-2-4-15(11)21-16(12)14(19)8-10-5-6-20-9-13(10)18/h1-7,9,14H,8,19H2. The van der Waals surface area contributed by atoms with E-state index in [9.17, 15) is 0 Å². The molecule has 0 aliphatic heterocycles. The summed E-state index contributed by atoms with van der Waals surface area (Å²) in [5.41, 5.74) is 9.06. The van der Waals surface area contributed by atoms with E-state index in [-0.39, 0.29) is 6.04 Å². The molecule has 21 heavy (non-hydrogen) atoms. The van der Waals surface area contributed by atoms with Crippen molar-refractivity contribution in [3.05, 3.63) is 69.5 Å². The van der Waals surface area contributed by atoms with E-state index in [0.717, 1.165) is 26.6 Å². The van der Waals surface area contributed by atoms with Crippen LogP contribution in [0.3, 0.4) is 0 Å². The van der Waals surface area contributed by atoms with E-state index in [4.69, 9.17) is 17.3 Å². The Kier molecular flexibility index (Phi) is 4.19. The summed E-state index contributed by atoms with van der Waals surface area (Å²) in [7, 11) is 0. The fourth-order valence-corrected chi connectivity index (χ4v) is 3.09. The molecule has 2 aromatic heterocycles. The molecular weight excluding hydrogens is 350 g/mol. The van der Waals surface area contributed by atoms with Gasteiger partial charge >= 0.3 is 0 Å². The molecule has 0 aliphatic rings. The zero-order chi connectivity index (χ0) is 14.8. The molecule has 2 heterocycles. The minimum atomic E-state index is -0.233. The van der Waals surface area contributed by atoms with Crippen molar-refractivity contribution in [2.24, 2.45) is 5.73 Å². The van der Waals surface area contributed by atoms with Gasteiger partial charge in [-0.3, -0.25) is 4.98 Å². The van der Waals surface area contributed by atoms with Gasteiger partial charge in [-0.05, 0) is 46.1 Å². The van der Waals surface area contributed by atoms with Gasteiger partial charge < -0.3 is 5.73 Å². The number of aromatic nitrogens is 2. The third-order valence-corrected chi connectivity index (χ3v) is 4.33. The highest BCUT2D eigenvalue weighted by molar-refractivity contribution is 9.10. The van der Waals surface area contributed by atoms with Gasteiger partial charge in [-0.1, -0.05) is 29.8 Å². The fraction of sp³-hybridized carbons (Fsp3) is 0.125. The maximum Gasteiger partial charge on any atom is 0.0723 e. The Labute approximate surface area is 136 Å². The summed E-state index contributed by atoms with van der Waals surface area (Å²) < 4.78 is 0.916. The van der Waals surface area contributed by atoms with Crippen LogP contribution in [0.1, 0.15) is 17.3 Å². The summed E-state index contributed by atoms with van der Waals surface area (Å²) in [4.78, 5) is 8.66. The van der Waals surface area contributed by atoms with E-state index in [1.165, 1.54) is 0 Å². The molecule has 1 atom stereocenters. The smallest absolute Gasteiger partial charge is 0.0723 e. The van der Waals surface area contributed by atoms with Crippen LogP contribution in [-0.2, 0) is 6.42 Å². The number of para-hydroxylation sites is 1. The molecule has 0 saturated heterocycles. The normalized spacial score (nSPS) is 12.5. The van der Waals surface area contributed by atoms with Gasteiger partial charge in [-0.2, -0.15) is 0 Å². The summed E-state index contributed by atoms with van der Waals surface area (Å²) in [6.07, 6.45) is 3.97. The number of hydrogen-bond donors (Lipinski definition) is 1. The van der Waals surface area contributed by atoms with Crippen LogP contribution in [0, 0.1) is 0 Å². The van der Waals surface area contributed by atoms with Gasteiger partial charge in [0.05, 0.1) is 22.3 Å². The van der Waals surface area contributed by atoms with Gasteiger partial charge in [-0.25, -0.2) is 4.98 Å². The van der Waals surface area contributed by atoms with Gasteiger partial charge in [0.2, 0.25) is 0 Å². The van der Waals surface area contributed by atoms with Gasteiger partial charge in [0.15, 0.2) is 0 Å². The molecule has 1 unspecified atom stereocenters. The monoisotopic (exact) mass is 361 g/mol. The minimum absolute atomic E-state index is 0.233. The van der Waals surface area contributed by atoms with E-state index in [1.54, 1.807) is 12.4 Å². The van der Waals surface area contributed by atoms with Gasteiger partial charge in [0.25, 0.3) is 0 Å². The Morgan fingerprint density at radius 1 is 1.24 bits per heavy atom. The van der Waals surface area contributed by atoms with Crippen molar-refractivity contribution in [3.63, 3.8) is 0 Å². The number of halogens is 2. The molecule has 0 radical (unpaired) electrons. The Bertz CT molecular complexity index is 791. The highest BCUT2D eigenvalue weighted by atomic mass is 79.9. The predicted molar refractivity (Wildman–Crippen MR) is 89.3 cm³/mol. The lowest BCUT2D eigenvalue weighted by molar-refractivity contribution is 0.695. The fourth-order valence-electron chi connectivity index (χ4n) is 2.27. The van der Waals surface area contributed by atoms with Crippen molar-refractivity contribution in [2.45, 2.75) is 12.5 Å². The highest BCUT2D eigenvalue weighted by Crippen LogP contribution is 2.28. The van der Waals surface area contributed by atoms with Crippen LogP contribution in [0.2, 0.25) is 5.02 Å². The Morgan fingerprint density at radius 3 is 2.86 bits per heavy atom. The maximum atomic E-state index is 6.32. The Balaban J connectivity index is 1.96. The Hall–Kier alpha value is -1.49. The molecular formula is C16H13BrClN3. The second-order valence-corrected chi connectivity index (χ2v) is 6.09. The van der Waals surface area contributed by atoms with Crippen molar-refractivity contribution in [2.75, 3.05) is 0 Å². The molecule has 1 aromatic carbocycles. The number of hydrogen-bond acceptors (Lipinski definition) is 3.